The Balaban J connectivity index is 1.43. The highest BCUT2D eigenvalue weighted by molar-refractivity contribution is 6.32. The van der Waals surface area contributed by atoms with Crippen molar-refractivity contribution in [3.63, 3.8) is 0 Å². The number of H-pyrrole nitrogens is 1. The van der Waals surface area contributed by atoms with Gasteiger partial charge in [-0.3, -0.25) is 9.78 Å². The molecule has 0 radical (unpaired) electrons. The number of carbonyl (C=O) groups excluding carboxylic acids is 1. The van der Waals surface area contributed by atoms with Crippen molar-refractivity contribution in [2.24, 2.45) is 0 Å². The maximum atomic E-state index is 13.3. The van der Waals surface area contributed by atoms with Gasteiger partial charge < -0.3 is 29.8 Å². The standard InChI is InChI=1S/C26H23ClN6O4/c1-35-22-15(27)3-2-4-16(22)31-21-18-23(26(6-7-26)12-30-24(18)34)32-20(21)14-5-8-28-17-9-29-25(33-19(14)17)37-13-10-36-11-13/h2-5,8-9,13,31-32H,6-7,10-12H2,1H3,(H,30,34). The molecule has 7 rings (SSSR count). The molecule has 1 aromatic carbocycles. The third-order valence-electron chi connectivity index (χ3n) is 7.24. The summed E-state index contributed by atoms with van der Waals surface area (Å²) >= 11 is 6.41. The summed E-state index contributed by atoms with van der Waals surface area (Å²) in [5, 5.41) is 6.99. The van der Waals surface area contributed by atoms with Crippen molar-refractivity contribution in [3.8, 4) is 23.0 Å². The molecule has 3 aliphatic rings. The molecular formula is C26H23ClN6O4. The Labute approximate surface area is 216 Å². The first kappa shape index (κ1) is 22.3. The van der Waals surface area contributed by atoms with Crippen molar-refractivity contribution in [2.75, 3.05) is 32.2 Å². The van der Waals surface area contributed by atoms with Crippen molar-refractivity contribution in [1.29, 1.82) is 0 Å². The molecule has 1 saturated carbocycles. The van der Waals surface area contributed by atoms with E-state index in [1.165, 1.54) is 0 Å². The number of halogens is 1. The van der Waals surface area contributed by atoms with Crippen LogP contribution in [0.5, 0.6) is 11.8 Å². The Morgan fingerprint density at radius 3 is 2.84 bits per heavy atom. The molecule has 1 amide bonds. The minimum absolute atomic E-state index is 0.0682. The molecule has 3 N–H and O–H groups in total. The number of methoxy groups -OCH3 is 1. The minimum Gasteiger partial charge on any atom is -0.493 e. The summed E-state index contributed by atoms with van der Waals surface area (Å²) in [6.45, 7) is 1.63. The molecule has 1 saturated heterocycles. The van der Waals surface area contributed by atoms with Crippen LogP contribution in [-0.4, -0.2) is 58.8 Å². The molecule has 0 bridgehead atoms. The quantitative estimate of drug-likeness (QED) is 0.350. The Morgan fingerprint density at radius 2 is 2.08 bits per heavy atom. The Bertz CT molecular complexity index is 1560. The van der Waals surface area contributed by atoms with E-state index >= 15 is 0 Å². The van der Waals surface area contributed by atoms with Gasteiger partial charge in [-0.2, -0.15) is 4.98 Å². The number of aromatic amines is 1. The summed E-state index contributed by atoms with van der Waals surface area (Å²) in [5.41, 5.74) is 5.40. The molecule has 0 atom stereocenters. The van der Waals surface area contributed by atoms with Gasteiger partial charge in [-0.15, -0.1) is 0 Å². The molecule has 1 spiro atoms. The molecule has 2 fully saturated rings. The fourth-order valence-corrected chi connectivity index (χ4v) is 5.27. The zero-order valence-corrected chi connectivity index (χ0v) is 20.7. The fraction of sp³-hybridized carbons (Fsp3) is 0.308. The number of amides is 1. The fourth-order valence-electron chi connectivity index (χ4n) is 5.02. The van der Waals surface area contributed by atoms with Gasteiger partial charge in [0.25, 0.3) is 5.91 Å². The molecule has 11 heteroatoms. The molecule has 0 unspecified atom stereocenters. The molecular weight excluding hydrogens is 496 g/mol. The summed E-state index contributed by atoms with van der Waals surface area (Å²) < 4.78 is 16.6. The van der Waals surface area contributed by atoms with Crippen LogP contribution in [-0.2, 0) is 10.2 Å². The number of pyridine rings is 1. The van der Waals surface area contributed by atoms with E-state index in [1.807, 2.05) is 18.2 Å². The number of aromatic nitrogens is 4. The average Bonchev–Trinajstić information content (AvgIpc) is 3.56. The lowest BCUT2D eigenvalue weighted by atomic mass is 9.93. The highest BCUT2D eigenvalue weighted by atomic mass is 35.5. The number of nitrogens with one attached hydrogen (secondary N) is 3. The van der Waals surface area contributed by atoms with E-state index in [2.05, 4.69) is 25.6 Å². The zero-order chi connectivity index (χ0) is 25.1. The second-order valence-electron chi connectivity index (χ2n) is 9.56. The van der Waals surface area contributed by atoms with Crippen LogP contribution >= 0.6 is 11.6 Å². The van der Waals surface area contributed by atoms with Crippen molar-refractivity contribution >= 4 is 39.9 Å². The summed E-state index contributed by atoms with van der Waals surface area (Å²) in [4.78, 5) is 30.3. The van der Waals surface area contributed by atoms with Crippen molar-refractivity contribution in [1.82, 2.24) is 25.3 Å². The maximum absolute atomic E-state index is 13.3. The number of benzene rings is 1. The number of hydrogen-bond acceptors (Lipinski definition) is 8. The van der Waals surface area contributed by atoms with E-state index in [0.29, 0.717) is 58.5 Å². The largest absolute Gasteiger partial charge is 0.493 e. The first-order valence-corrected chi connectivity index (χ1v) is 12.4. The molecule has 2 aliphatic heterocycles. The molecule has 4 aromatic rings. The van der Waals surface area contributed by atoms with Crippen LogP contribution < -0.4 is 20.1 Å². The Morgan fingerprint density at radius 1 is 1.22 bits per heavy atom. The van der Waals surface area contributed by atoms with E-state index in [1.54, 1.807) is 25.6 Å². The van der Waals surface area contributed by atoms with Crippen LogP contribution in [0.25, 0.3) is 22.3 Å². The van der Waals surface area contributed by atoms with Crippen LogP contribution in [0.2, 0.25) is 5.02 Å². The van der Waals surface area contributed by atoms with Crippen molar-refractivity contribution < 1.29 is 19.0 Å². The van der Waals surface area contributed by atoms with Gasteiger partial charge in [-0.1, -0.05) is 17.7 Å². The lowest BCUT2D eigenvalue weighted by molar-refractivity contribution is -0.0830. The molecule has 3 aromatic heterocycles. The number of fused-ring (bicyclic) bond motifs is 3. The highest BCUT2D eigenvalue weighted by Crippen LogP contribution is 2.54. The van der Waals surface area contributed by atoms with Crippen LogP contribution in [0, 0.1) is 0 Å². The van der Waals surface area contributed by atoms with E-state index in [-0.39, 0.29) is 23.4 Å². The number of anilines is 2. The van der Waals surface area contributed by atoms with Gasteiger partial charge in [0.05, 0.1) is 54.2 Å². The Kier molecular flexibility index (Phi) is 5.02. The van der Waals surface area contributed by atoms with Gasteiger partial charge in [0.15, 0.2) is 5.75 Å². The number of hydrogen-bond donors (Lipinski definition) is 3. The first-order valence-electron chi connectivity index (χ1n) is 12.1. The number of rotatable bonds is 6. The molecule has 37 heavy (non-hydrogen) atoms. The third kappa shape index (κ3) is 3.59. The van der Waals surface area contributed by atoms with E-state index in [0.717, 1.165) is 29.8 Å². The number of carbonyl (C=O) groups is 1. The second-order valence-corrected chi connectivity index (χ2v) is 9.96. The minimum atomic E-state index is -0.138. The van der Waals surface area contributed by atoms with Gasteiger partial charge in [0, 0.05) is 29.4 Å². The van der Waals surface area contributed by atoms with Crippen molar-refractivity contribution in [3.05, 3.63) is 52.9 Å². The van der Waals surface area contributed by atoms with Crippen LogP contribution in [0.1, 0.15) is 28.9 Å². The predicted octanol–water partition coefficient (Wildman–Crippen LogP) is 3.98. The topological polar surface area (TPSA) is 123 Å². The van der Waals surface area contributed by atoms with Crippen LogP contribution in [0.4, 0.5) is 11.4 Å². The third-order valence-corrected chi connectivity index (χ3v) is 7.53. The van der Waals surface area contributed by atoms with Crippen molar-refractivity contribution in [2.45, 2.75) is 24.4 Å². The number of nitrogens with zero attached hydrogens (tertiary/aromatic N) is 3. The zero-order valence-electron chi connectivity index (χ0n) is 19.9. The van der Waals surface area contributed by atoms with Gasteiger partial charge in [-0.25, -0.2) is 4.98 Å². The van der Waals surface area contributed by atoms with Crippen LogP contribution in [0.15, 0.2) is 36.7 Å². The Hall–Kier alpha value is -3.89. The summed E-state index contributed by atoms with van der Waals surface area (Å²) in [7, 11) is 1.56. The van der Waals surface area contributed by atoms with Gasteiger partial charge in [-0.05, 0) is 31.0 Å². The van der Waals surface area contributed by atoms with Crippen LogP contribution in [0.3, 0.4) is 0 Å². The maximum Gasteiger partial charge on any atom is 0.317 e. The molecule has 1 aliphatic carbocycles. The highest BCUT2D eigenvalue weighted by Gasteiger charge is 2.51. The number of para-hydroxylation sites is 1. The molecule has 10 nitrogen and oxygen atoms in total. The van der Waals surface area contributed by atoms with Gasteiger partial charge in [0.2, 0.25) is 0 Å². The van der Waals surface area contributed by atoms with Gasteiger partial charge in [0.1, 0.15) is 17.1 Å². The normalized spacial score (nSPS) is 17.7. The SMILES string of the molecule is COc1c(Cl)cccc1Nc1c(-c2ccnc3cnc(OC4COC4)nc23)[nH]c2c1C(=O)NCC21CC1. The van der Waals surface area contributed by atoms with E-state index < -0.39 is 0 Å². The van der Waals surface area contributed by atoms with Gasteiger partial charge >= 0.3 is 6.01 Å². The number of ether oxygens (including phenoxy) is 3. The second kappa shape index (κ2) is 8.32. The lowest BCUT2D eigenvalue weighted by Crippen LogP contribution is -2.39. The van der Waals surface area contributed by atoms with E-state index in [9.17, 15) is 4.79 Å². The summed E-state index contributed by atoms with van der Waals surface area (Å²) in [6.07, 6.45) is 5.28. The molecule has 5 heterocycles. The average molecular weight is 519 g/mol. The lowest BCUT2D eigenvalue weighted by Gasteiger charge is -2.25. The summed E-state index contributed by atoms with van der Waals surface area (Å²) in [5.74, 6) is 0.350. The monoisotopic (exact) mass is 518 g/mol. The molecule has 188 valence electrons. The smallest absolute Gasteiger partial charge is 0.317 e. The predicted molar refractivity (Wildman–Crippen MR) is 137 cm³/mol. The van der Waals surface area contributed by atoms with E-state index in [4.69, 9.17) is 30.8 Å². The first-order chi connectivity index (χ1) is 18.1. The summed E-state index contributed by atoms with van der Waals surface area (Å²) in [6, 6.07) is 7.58.